The third-order valence-corrected chi connectivity index (χ3v) is 2.33. The Kier molecular flexibility index (Phi) is 3.21. The van der Waals surface area contributed by atoms with Crippen LogP contribution >= 0.6 is 0 Å². The van der Waals surface area contributed by atoms with E-state index in [1.54, 1.807) is 0 Å². The molecule has 2 rings (SSSR count). The molecule has 7 heteroatoms. The number of aromatic nitrogens is 1. The Morgan fingerprint density at radius 2 is 2.22 bits per heavy atom. The van der Waals surface area contributed by atoms with Crippen molar-refractivity contribution in [2.75, 3.05) is 5.43 Å². The van der Waals surface area contributed by atoms with Gasteiger partial charge in [0.15, 0.2) is 0 Å². The second-order valence-corrected chi connectivity index (χ2v) is 3.36. The van der Waals surface area contributed by atoms with Crippen molar-refractivity contribution in [1.29, 1.82) is 5.26 Å². The van der Waals surface area contributed by atoms with E-state index in [2.05, 4.69) is 15.1 Å². The van der Waals surface area contributed by atoms with Gasteiger partial charge in [0, 0.05) is 11.6 Å². The van der Waals surface area contributed by atoms with Crippen LogP contribution in [0.15, 0.2) is 24.4 Å². The van der Waals surface area contributed by atoms with Crippen molar-refractivity contribution < 1.29 is 13.5 Å². The highest BCUT2D eigenvalue weighted by atomic mass is 19.3. The summed E-state index contributed by atoms with van der Waals surface area (Å²) in [6.45, 7) is -2.91. The fourth-order valence-corrected chi connectivity index (χ4v) is 1.59. The fraction of sp³-hybridized carbons (Fsp3) is 0.0909. The van der Waals surface area contributed by atoms with Crippen LogP contribution < -0.4 is 16.0 Å². The molecule has 0 atom stereocenters. The number of hydrogen-bond donors (Lipinski definition) is 2. The van der Waals surface area contributed by atoms with Crippen molar-refractivity contribution in [1.82, 2.24) is 4.98 Å². The minimum atomic E-state index is -2.91. The van der Waals surface area contributed by atoms with Gasteiger partial charge in [-0.25, -0.2) is 0 Å². The number of rotatable bonds is 3. The molecule has 0 radical (unpaired) electrons. The second-order valence-electron chi connectivity index (χ2n) is 3.36. The van der Waals surface area contributed by atoms with Crippen molar-refractivity contribution >= 4 is 16.6 Å². The van der Waals surface area contributed by atoms with Crippen LogP contribution in [0.3, 0.4) is 0 Å². The topological polar surface area (TPSA) is 84.0 Å². The van der Waals surface area contributed by atoms with Gasteiger partial charge in [-0.15, -0.1) is 0 Å². The van der Waals surface area contributed by atoms with Gasteiger partial charge in [-0.05, 0) is 18.2 Å². The number of fused-ring (bicyclic) bond motifs is 1. The maximum atomic E-state index is 12.1. The summed E-state index contributed by atoms with van der Waals surface area (Å²) < 4.78 is 28.5. The molecule has 0 aliphatic carbocycles. The number of alkyl halides is 2. The van der Waals surface area contributed by atoms with Crippen LogP contribution in [0.1, 0.15) is 5.56 Å². The van der Waals surface area contributed by atoms with E-state index >= 15 is 0 Å². The average Bonchev–Trinajstić information content (AvgIpc) is 2.36. The number of nitrogens with two attached hydrogens (primary N) is 1. The van der Waals surface area contributed by atoms with E-state index in [1.165, 1.54) is 24.4 Å². The Hall–Kier alpha value is -2.46. The number of nitrogen functional groups attached to an aromatic ring is 1. The number of nitriles is 1. The SMILES string of the molecule is N#Cc1cnc2ccc(OC(F)F)cc2c1NN. The summed E-state index contributed by atoms with van der Waals surface area (Å²) in [5.41, 5.74) is 3.42. The van der Waals surface area contributed by atoms with Crippen LogP contribution in [0, 0.1) is 11.3 Å². The van der Waals surface area contributed by atoms with E-state index < -0.39 is 6.61 Å². The molecule has 0 saturated carbocycles. The lowest BCUT2D eigenvalue weighted by atomic mass is 10.1. The van der Waals surface area contributed by atoms with E-state index in [4.69, 9.17) is 11.1 Å². The zero-order chi connectivity index (χ0) is 13.1. The Morgan fingerprint density at radius 3 is 2.83 bits per heavy atom. The van der Waals surface area contributed by atoms with Gasteiger partial charge in [0.2, 0.25) is 0 Å². The molecular formula is C11H8F2N4O. The summed E-state index contributed by atoms with van der Waals surface area (Å²) in [6.07, 6.45) is 1.35. The highest BCUT2D eigenvalue weighted by molar-refractivity contribution is 5.94. The normalized spacial score (nSPS) is 10.4. The molecule has 2 aromatic rings. The standard InChI is InChI=1S/C11H8F2N4O/c12-11(13)18-7-1-2-9-8(3-7)10(17-15)6(4-14)5-16-9/h1-3,5,11H,15H2,(H,16,17). The maximum absolute atomic E-state index is 12.1. The first-order chi connectivity index (χ1) is 8.65. The monoisotopic (exact) mass is 250 g/mol. The van der Waals surface area contributed by atoms with Crippen LogP contribution in [0.5, 0.6) is 5.75 Å². The van der Waals surface area contributed by atoms with Gasteiger partial charge in [0.05, 0.1) is 16.8 Å². The van der Waals surface area contributed by atoms with E-state index in [0.29, 0.717) is 16.6 Å². The van der Waals surface area contributed by atoms with Crippen LogP contribution in [-0.2, 0) is 0 Å². The lowest BCUT2D eigenvalue weighted by Crippen LogP contribution is -2.09. The molecule has 1 aromatic heterocycles. The van der Waals surface area contributed by atoms with E-state index in [-0.39, 0.29) is 11.3 Å². The van der Waals surface area contributed by atoms with Crippen molar-refractivity contribution in [2.45, 2.75) is 6.61 Å². The van der Waals surface area contributed by atoms with E-state index in [0.717, 1.165) is 0 Å². The Morgan fingerprint density at radius 1 is 1.44 bits per heavy atom. The minimum absolute atomic E-state index is 0.0223. The number of halogens is 2. The lowest BCUT2D eigenvalue weighted by molar-refractivity contribution is -0.0497. The highest BCUT2D eigenvalue weighted by Gasteiger charge is 2.10. The third-order valence-electron chi connectivity index (χ3n) is 2.33. The molecule has 0 aliphatic rings. The number of ether oxygens (including phenoxy) is 1. The minimum Gasteiger partial charge on any atom is -0.435 e. The molecule has 0 amide bonds. The molecule has 0 aliphatic heterocycles. The van der Waals surface area contributed by atoms with Gasteiger partial charge < -0.3 is 10.2 Å². The van der Waals surface area contributed by atoms with Crippen molar-refractivity contribution in [3.05, 3.63) is 30.0 Å². The smallest absolute Gasteiger partial charge is 0.387 e. The Labute approximate surface area is 101 Å². The number of benzene rings is 1. The Balaban J connectivity index is 2.62. The molecule has 92 valence electrons. The summed E-state index contributed by atoms with van der Waals surface area (Å²) in [7, 11) is 0. The number of nitrogens with zero attached hydrogens (tertiary/aromatic N) is 2. The summed E-state index contributed by atoms with van der Waals surface area (Å²) in [4.78, 5) is 4.02. The van der Waals surface area contributed by atoms with Gasteiger partial charge in [0.1, 0.15) is 11.8 Å². The van der Waals surface area contributed by atoms with E-state index in [1.807, 2.05) is 6.07 Å². The number of anilines is 1. The zero-order valence-electron chi connectivity index (χ0n) is 9.02. The van der Waals surface area contributed by atoms with Crippen molar-refractivity contribution in [3.63, 3.8) is 0 Å². The molecule has 3 N–H and O–H groups in total. The molecule has 0 fully saturated rings. The molecule has 1 aromatic carbocycles. The van der Waals surface area contributed by atoms with E-state index in [9.17, 15) is 8.78 Å². The highest BCUT2D eigenvalue weighted by Crippen LogP contribution is 2.28. The van der Waals surface area contributed by atoms with Gasteiger partial charge in [-0.2, -0.15) is 14.0 Å². The van der Waals surface area contributed by atoms with Crippen LogP contribution in [-0.4, -0.2) is 11.6 Å². The maximum Gasteiger partial charge on any atom is 0.387 e. The summed E-state index contributed by atoms with van der Waals surface area (Å²) in [5.74, 6) is 5.30. The predicted molar refractivity (Wildman–Crippen MR) is 60.9 cm³/mol. The second kappa shape index (κ2) is 4.81. The molecule has 5 nitrogen and oxygen atoms in total. The first kappa shape index (κ1) is 12.0. The van der Waals surface area contributed by atoms with Crippen molar-refractivity contribution in [2.24, 2.45) is 5.84 Å². The summed E-state index contributed by atoms with van der Waals surface area (Å²) in [6, 6.07) is 6.13. The lowest BCUT2D eigenvalue weighted by Gasteiger charge is -2.09. The van der Waals surface area contributed by atoms with Crippen LogP contribution in [0.4, 0.5) is 14.5 Å². The van der Waals surface area contributed by atoms with Gasteiger partial charge in [-0.1, -0.05) is 0 Å². The number of pyridine rings is 1. The van der Waals surface area contributed by atoms with Gasteiger partial charge >= 0.3 is 6.61 Å². The molecule has 0 saturated heterocycles. The molecular weight excluding hydrogens is 242 g/mol. The van der Waals surface area contributed by atoms with Crippen LogP contribution in [0.2, 0.25) is 0 Å². The zero-order valence-corrected chi connectivity index (χ0v) is 9.02. The quantitative estimate of drug-likeness (QED) is 0.642. The first-order valence-electron chi connectivity index (χ1n) is 4.90. The average molecular weight is 250 g/mol. The summed E-state index contributed by atoms with van der Waals surface area (Å²) in [5, 5.41) is 9.33. The van der Waals surface area contributed by atoms with Gasteiger partial charge in [-0.3, -0.25) is 10.8 Å². The Bertz CT molecular complexity index is 624. The fourth-order valence-electron chi connectivity index (χ4n) is 1.59. The first-order valence-corrected chi connectivity index (χ1v) is 4.90. The summed E-state index contributed by atoms with van der Waals surface area (Å²) >= 11 is 0. The van der Waals surface area contributed by atoms with Gasteiger partial charge in [0.25, 0.3) is 0 Å². The number of hydrogen-bond acceptors (Lipinski definition) is 5. The molecule has 0 bridgehead atoms. The molecule has 18 heavy (non-hydrogen) atoms. The van der Waals surface area contributed by atoms with Crippen LogP contribution in [0.25, 0.3) is 10.9 Å². The van der Waals surface area contributed by atoms with Crippen molar-refractivity contribution in [3.8, 4) is 11.8 Å². The molecule has 0 unspecified atom stereocenters. The molecule has 0 spiro atoms. The molecule has 1 heterocycles. The predicted octanol–water partition coefficient (Wildman–Crippen LogP) is 1.99. The number of hydrazine groups is 1. The largest absolute Gasteiger partial charge is 0.435 e. The third kappa shape index (κ3) is 2.14. The number of nitrogens with one attached hydrogen (secondary N) is 1.